The summed E-state index contributed by atoms with van der Waals surface area (Å²) in [5.74, 6) is 0. The maximum absolute atomic E-state index is 8.78. The quantitative estimate of drug-likeness (QED) is 0.224. The molecular weight excluding hydrogens is 416 g/mol. The molecule has 12 N–H and O–H groups in total. The van der Waals surface area contributed by atoms with Gasteiger partial charge < -0.3 is 43.4 Å². The summed E-state index contributed by atoms with van der Waals surface area (Å²) in [4.78, 5) is 35.1. The standard InChI is InChI=1S/4CH3NO2.W/c4*2-1(3)4;/h4*2H2,(H,3,4);. The molecule has 102 valence electrons. The molecule has 0 aliphatic heterocycles. The zero-order valence-corrected chi connectivity index (χ0v) is 11.1. The molecular formula is C4H12N4O8W. The van der Waals surface area contributed by atoms with Crippen LogP contribution in [-0.4, -0.2) is 44.8 Å². The molecule has 0 atom stereocenters. The van der Waals surface area contributed by atoms with E-state index in [4.69, 9.17) is 39.6 Å². The molecule has 0 saturated carbocycles. The first-order valence-corrected chi connectivity index (χ1v) is 2.87. The van der Waals surface area contributed by atoms with Crippen molar-refractivity contribution >= 4 is 24.4 Å². The van der Waals surface area contributed by atoms with E-state index in [9.17, 15) is 0 Å². The van der Waals surface area contributed by atoms with E-state index < -0.39 is 24.4 Å². The molecule has 0 rings (SSSR count). The van der Waals surface area contributed by atoms with E-state index in [2.05, 4.69) is 22.9 Å². The zero-order valence-electron chi connectivity index (χ0n) is 8.14. The van der Waals surface area contributed by atoms with E-state index in [-0.39, 0.29) is 21.1 Å². The molecule has 0 aliphatic rings. The predicted molar refractivity (Wildman–Crippen MR) is 48.8 cm³/mol. The molecule has 12 nitrogen and oxygen atoms in total. The van der Waals surface area contributed by atoms with Gasteiger partial charge in [0.05, 0.1) is 0 Å². The van der Waals surface area contributed by atoms with Gasteiger partial charge in [0.1, 0.15) is 0 Å². The molecule has 0 heterocycles. The normalized spacial score (nSPS) is 5.65. The molecule has 0 radical (unpaired) electrons. The summed E-state index contributed by atoms with van der Waals surface area (Å²) >= 11 is 0. The van der Waals surface area contributed by atoms with Gasteiger partial charge in [-0.05, 0) is 0 Å². The van der Waals surface area contributed by atoms with Crippen molar-refractivity contribution in [2.24, 2.45) is 22.9 Å². The molecule has 0 bridgehead atoms. The van der Waals surface area contributed by atoms with Gasteiger partial charge in [0.15, 0.2) is 0 Å². The van der Waals surface area contributed by atoms with Crippen LogP contribution in [0, 0.1) is 0 Å². The molecule has 0 unspecified atom stereocenters. The van der Waals surface area contributed by atoms with Crippen molar-refractivity contribution in [2.45, 2.75) is 0 Å². The first kappa shape index (κ1) is 29.3. The molecule has 0 aromatic carbocycles. The van der Waals surface area contributed by atoms with Crippen molar-refractivity contribution in [3.8, 4) is 0 Å². The van der Waals surface area contributed by atoms with Crippen LogP contribution in [0.4, 0.5) is 19.2 Å². The Balaban J connectivity index is -0.0000000369. The fraction of sp³-hybridized carbons (Fsp3) is 0. The third-order valence-corrected chi connectivity index (χ3v) is 0. The molecule has 0 fully saturated rings. The second-order valence-corrected chi connectivity index (χ2v) is 1.35. The molecule has 4 amide bonds. The SMILES string of the molecule is NC(=O)O.NC(=O)O.NC(=O)O.NC(=O)O.[W]. The molecule has 0 saturated heterocycles. The Hall–Kier alpha value is -2.23. The van der Waals surface area contributed by atoms with E-state index in [0.29, 0.717) is 0 Å². The van der Waals surface area contributed by atoms with Gasteiger partial charge in [-0.1, -0.05) is 0 Å². The Labute approximate surface area is 108 Å². The van der Waals surface area contributed by atoms with Gasteiger partial charge in [-0.25, -0.2) is 19.2 Å². The topological polar surface area (TPSA) is 253 Å². The summed E-state index contributed by atoms with van der Waals surface area (Å²) in [5.41, 5.74) is 16.1. The van der Waals surface area contributed by atoms with E-state index in [1.807, 2.05) is 0 Å². The van der Waals surface area contributed by atoms with Gasteiger partial charge in [-0.2, -0.15) is 0 Å². The fourth-order valence-electron chi connectivity index (χ4n) is 0. The van der Waals surface area contributed by atoms with Crippen LogP contribution in [0.2, 0.25) is 0 Å². The maximum Gasteiger partial charge on any atom is 0.402 e. The molecule has 0 spiro atoms. The predicted octanol–water partition coefficient (Wildman–Crippen LogP) is -1.51. The van der Waals surface area contributed by atoms with Gasteiger partial charge in [-0.3, -0.25) is 0 Å². The maximum atomic E-state index is 8.78. The van der Waals surface area contributed by atoms with Crippen LogP contribution < -0.4 is 22.9 Å². The Morgan fingerprint density at radius 1 is 0.529 bits per heavy atom. The number of carbonyl (C=O) groups is 4. The monoisotopic (exact) mass is 428 g/mol. The van der Waals surface area contributed by atoms with Gasteiger partial charge in [0.2, 0.25) is 0 Å². The Kier molecular flexibility index (Phi) is 40.6. The van der Waals surface area contributed by atoms with Crippen molar-refractivity contribution in [1.82, 2.24) is 0 Å². The summed E-state index contributed by atoms with van der Waals surface area (Å²) in [5, 5.41) is 28.8. The number of nitrogens with two attached hydrogens (primary N) is 4. The van der Waals surface area contributed by atoms with E-state index >= 15 is 0 Å². The minimum Gasteiger partial charge on any atom is -0.465 e. The van der Waals surface area contributed by atoms with Crippen molar-refractivity contribution in [2.75, 3.05) is 0 Å². The second kappa shape index (κ2) is 23.5. The first-order valence-electron chi connectivity index (χ1n) is 2.87. The van der Waals surface area contributed by atoms with Gasteiger partial charge in [0, 0.05) is 21.1 Å². The third kappa shape index (κ3) is 383. The van der Waals surface area contributed by atoms with Crippen molar-refractivity contribution < 1.29 is 60.7 Å². The van der Waals surface area contributed by atoms with Crippen LogP contribution in [0.15, 0.2) is 0 Å². The average Bonchev–Trinajstić information content (AvgIpc) is 1.76. The van der Waals surface area contributed by atoms with Gasteiger partial charge >= 0.3 is 24.4 Å². The van der Waals surface area contributed by atoms with Crippen LogP contribution >= 0.6 is 0 Å². The average molecular weight is 428 g/mol. The Bertz CT molecular complexity index is 170. The van der Waals surface area contributed by atoms with Gasteiger partial charge in [-0.15, -0.1) is 0 Å². The van der Waals surface area contributed by atoms with Crippen LogP contribution in [0.5, 0.6) is 0 Å². The summed E-state index contributed by atoms with van der Waals surface area (Å²) in [7, 11) is 0. The van der Waals surface area contributed by atoms with E-state index in [1.54, 1.807) is 0 Å². The molecule has 0 aromatic heterocycles. The number of hydrogen-bond donors (Lipinski definition) is 8. The fourth-order valence-corrected chi connectivity index (χ4v) is 0. The van der Waals surface area contributed by atoms with E-state index in [1.165, 1.54) is 0 Å². The van der Waals surface area contributed by atoms with Crippen molar-refractivity contribution in [3.05, 3.63) is 0 Å². The van der Waals surface area contributed by atoms with Crippen LogP contribution in [0.25, 0.3) is 0 Å². The summed E-state index contributed by atoms with van der Waals surface area (Å²) < 4.78 is 0. The number of amides is 4. The number of hydrogen-bond acceptors (Lipinski definition) is 4. The van der Waals surface area contributed by atoms with E-state index in [0.717, 1.165) is 0 Å². The number of primary amides is 4. The number of carboxylic acid groups (broad SMARTS) is 4. The van der Waals surface area contributed by atoms with Crippen LogP contribution in [0.1, 0.15) is 0 Å². The molecule has 0 aromatic rings. The third-order valence-electron chi connectivity index (χ3n) is 0. The Morgan fingerprint density at radius 2 is 0.529 bits per heavy atom. The van der Waals surface area contributed by atoms with Crippen LogP contribution in [-0.2, 0) is 21.1 Å². The smallest absolute Gasteiger partial charge is 0.402 e. The van der Waals surface area contributed by atoms with Crippen molar-refractivity contribution in [1.29, 1.82) is 0 Å². The summed E-state index contributed by atoms with van der Waals surface area (Å²) in [6.07, 6.45) is -5.33. The minimum absolute atomic E-state index is 0. The first-order chi connectivity index (χ1) is 6.93. The second-order valence-electron chi connectivity index (χ2n) is 1.35. The summed E-state index contributed by atoms with van der Waals surface area (Å²) in [6.45, 7) is 0. The number of rotatable bonds is 0. The van der Waals surface area contributed by atoms with Crippen LogP contribution in [0.3, 0.4) is 0 Å². The molecule has 0 aliphatic carbocycles. The van der Waals surface area contributed by atoms with Gasteiger partial charge in [0.25, 0.3) is 0 Å². The zero-order chi connectivity index (χ0) is 14.3. The summed E-state index contributed by atoms with van der Waals surface area (Å²) in [6, 6.07) is 0. The van der Waals surface area contributed by atoms with Crippen molar-refractivity contribution in [3.63, 3.8) is 0 Å². The molecule has 17 heavy (non-hydrogen) atoms. The minimum atomic E-state index is -1.33. The Morgan fingerprint density at radius 3 is 0.529 bits per heavy atom. The molecule has 13 heteroatoms. The largest absolute Gasteiger partial charge is 0.465 e.